The molecule has 0 aliphatic heterocycles. The molecule has 2 nitrogen and oxygen atoms in total. The van der Waals surface area contributed by atoms with Crippen LogP contribution in [0.3, 0.4) is 0 Å². The van der Waals surface area contributed by atoms with E-state index in [4.69, 9.17) is 4.74 Å². The number of aliphatic hydroxyl groups is 1. The van der Waals surface area contributed by atoms with Crippen LogP contribution in [0.2, 0.25) is 0 Å². The fourth-order valence-electron chi connectivity index (χ4n) is 2.17. The Labute approximate surface area is 96.6 Å². The van der Waals surface area contributed by atoms with Crippen molar-refractivity contribution in [3.05, 3.63) is 42.0 Å². The van der Waals surface area contributed by atoms with Crippen molar-refractivity contribution >= 4 is 0 Å². The maximum absolute atomic E-state index is 10.3. The van der Waals surface area contributed by atoms with Crippen LogP contribution in [0.15, 0.2) is 36.4 Å². The first kappa shape index (κ1) is 11.2. The van der Waals surface area contributed by atoms with Gasteiger partial charge in [0.15, 0.2) is 0 Å². The highest BCUT2D eigenvalue weighted by Crippen LogP contribution is 2.31. The van der Waals surface area contributed by atoms with Gasteiger partial charge in [-0.2, -0.15) is 0 Å². The first-order valence-corrected chi connectivity index (χ1v) is 5.80. The van der Waals surface area contributed by atoms with E-state index < -0.39 is 6.10 Å². The predicted molar refractivity (Wildman–Crippen MR) is 64.4 cm³/mol. The van der Waals surface area contributed by atoms with Crippen LogP contribution in [0.1, 0.15) is 30.9 Å². The number of benzene rings is 1. The molecule has 0 bridgehead atoms. The molecule has 0 heterocycles. The van der Waals surface area contributed by atoms with Gasteiger partial charge in [-0.05, 0) is 37.0 Å². The average molecular weight is 218 g/mol. The second-order valence-corrected chi connectivity index (χ2v) is 4.24. The molecule has 86 valence electrons. The smallest absolute Gasteiger partial charge is 0.119 e. The molecular formula is C14H18O2. The summed E-state index contributed by atoms with van der Waals surface area (Å²) in [5, 5.41) is 10.3. The number of hydrogen-bond donors (Lipinski definition) is 1. The van der Waals surface area contributed by atoms with Gasteiger partial charge in [-0.25, -0.2) is 0 Å². The minimum atomic E-state index is -0.411. The molecule has 0 spiro atoms. The summed E-state index contributed by atoms with van der Waals surface area (Å²) in [5.41, 5.74) is 0.941. The maximum atomic E-state index is 10.3. The van der Waals surface area contributed by atoms with E-state index in [1.165, 1.54) is 6.42 Å². The van der Waals surface area contributed by atoms with Crippen molar-refractivity contribution < 1.29 is 9.84 Å². The predicted octanol–water partition coefficient (Wildman–Crippen LogP) is 3.08. The lowest BCUT2D eigenvalue weighted by molar-refractivity contribution is 0.123. The zero-order chi connectivity index (χ0) is 11.4. The van der Waals surface area contributed by atoms with Gasteiger partial charge in [-0.15, -0.1) is 0 Å². The highest BCUT2D eigenvalue weighted by molar-refractivity contribution is 5.30. The van der Waals surface area contributed by atoms with Gasteiger partial charge in [-0.1, -0.05) is 24.3 Å². The number of methoxy groups -OCH3 is 1. The van der Waals surface area contributed by atoms with E-state index in [2.05, 4.69) is 12.2 Å². The van der Waals surface area contributed by atoms with Crippen molar-refractivity contribution in [2.24, 2.45) is 5.92 Å². The molecule has 0 radical (unpaired) electrons. The normalized spacial score (nSPS) is 21.8. The van der Waals surface area contributed by atoms with E-state index in [-0.39, 0.29) is 5.92 Å². The summed E-state index contributed by atoms with van der Waals surface area (Å²) in [4.78, 5) is 0. The molecule has 0 aromatic heterocycles. The Morgan fingerprint density at radius 2 is 2.31 bits per heavy atom. The molecule has 16 heavy (non-hydrogen) atoms. The summed E-state index contributed by atoms with van der Waals surface area (Å²) >= 11 is 0. The minimum absolute atomic E-state index is 0.251. The SMILES string of the molecule is COc1cccc([C@H](O)[C@@H]2C=CCCC2)c1. The average Bonchev–Trinajstić information content (AvgIpc) is 2.39. The molecule has 2 atom stereocenters. The van der Waals surface area contributed by atoms with Crippen molar-refractivity contribution in [3.63, 3.8) is 0 Å². The van der Waals surface area contributed by atoms with Crippen molar-refractivity contribution in [2.45, 2.75) is 25.4 Å². The Morgan fingerprint density at radius 3 is 3.00 bits per heavy atom. The Balaban J connectivity index is 2.15. The van der Waals surface area contributed by atoms with Crippen LogP contribution >= 0.6 is 0 Å². The molecule has 0 saturated carbocycles. The van der Waals surface area contributed by atoms with Gasteiger partial charge in [0.1, 0.15) is 5.75 Å². The van der Waals surface area contributed by atoms with Gasteiger partial charge in [0.25, 0.3) is 0 Å². The van der Waals surface area contributed by atoms with Crippen molar-refractivity contribution in [3.8, 4) is 5.75 Å². The lowest BCUT2D eigenvalue weighted by atomic mass is 9.87. The first-order chi connectivity index (χ1) is 7.81. The van der Waals surface area contributed by atoms with Gasteiger partial charge in [-0.3, -0.25) is 0 Å². The quantitative estimate of drug-likeness (QED) is 0.790. The molecule has 1 N–H and O–H groups in total. The third kappa shape index (κ3) is 2.45. The van der Waals surface area contributed by atoms with Crippen LogP contribution in [0.4, 0.5) is 0 Å². The zero-order valence-electron chi connectivity index (χ0n) is 9.60. The summed E-state index contributed by atoms with van der Waals surface area (Å²) in [6.07, 6.45) is 7.26. The molecule has 1 aliphatic rings. The molecule has 1 aliphatic carbocycles. The van der Waals surface area contributed by atoms with Crippen LogP contribution < -0.4 is 4.74 Å². The maximum Gasteiger partial charge on any atom is 0.119 e. The second-order valence-electron chi connectivity index (χ2n) is 4.24. The van der Waals surface area contributed by atoms with Gasteiger partial charge < -0.3 is 9.84 Å². The second kappa shape index (κ2) is 5.17. The number of allylic oxidation sites excluding steroid dienone is 1. The monoisotopic (exact) mass is 218 g/mol. The van der Waals surface area contributed by atoms with Crippen molar-refractivity contribution in [2.75, 3.05) is 7.11 Å². The molecule has 2 heteroatoms. The van der Waals surface area contributed by atoms with E-state index in [0.717, 1.165) is 24.2 Å². The standard InChI is InChI=1S/C14H18O2/c1-16-13-9-5-8-12(10-13)14(15)11-6-3-2-4-7-11/h3,5-6,8-11,14-15H,2,4,7H2,1H3/t11-,14-/m1/s1. The third-order valence-corrected chi connectivity index (χ3v) is 3.13. The van der Waals surface area contributed by atoms with Crippen molar-refractivity contribution in [1.82, 2.24) is 0 Å². The molecule has 0 fully saturated rings. The van der Waals surface area contributed by atoms with Crippen LogP contribution in [0.5, 0.6) is 5.75 Å². The van der Waals surface area contributed by atoms with Crippen molar-refractivity contribution in [1.29, 1.82) is 0 Å². The minimum Gasteiger partial charge on any atom is -0.497 e. The van der Waals surface area contributed by atoms with Gasteiger partial charge >= 0.3 is 0 Å². The van der Waals surface area contributed by atoms with Crippen LogP contribution in [-0.2, 0) is 0 Å². The summed E-state index contributed by atoms with van der Waals surface area (Å²) in [5.74, 6) is 1.05. The van der Waals surface area contributed by atoms with Crippen LogP contribution in [-0.4, -0.2) is 12.2 Å². The van der Waals surface area contributed by atoms with Crippen LogP contribution in [0.25, 0.3) is 0 Å². The fourth-order valence-corrected chi connectivity index (χ4v) is 2.17. The summed E-state index contributed by atoms with van der Waals surface area (Å²) < 4.78 is 5.16. The molecule has 2 rings (SSSR count). The van der Waals surface area contributed by atoms with Gasteiger partial charge in [0, 0.05) is 5.92 Å². The molecule has 0 amide bonds. The van der Waals surface area contributed by atoms with E-state index in [1.807, 2.05) is 24.3 Å². The third-order valence-electron chi connectivity index (χ3n) is 3.13. The number of aliphatic hydroxyl groups excluding tert-OH is 1. The number of ether oxygens (including phenoxy) is 1. The molecule has 0 unspecified atom stereocenters. The fraction of sp³-hybridized carbons (Fsp3) is 0.429. The van der Waals surface area contributed by atoms with Gasteiger partial charge in [0.05, 0.1) is 13.2 Å². The van der Waals surface area contributed by atoms with E-state index in [1.54, 1.807) is 7.11 Å². The van der Waals surface area contributed by atoms with E-state index in [9.17, 15) is 5.11 Å². The van der Waals surface area contributed by atoms with E-state index >= 15 is 0 Å². The zero-order valence-corrected chi connectivity index (χ0v) is 9.60. The number of rotatable bonds is 3. The Morgan fingerprint density at radius 1 is 1.44 bits per heavy atom. The van der Waals surface area contributed by atoms with Crippen LogP contribution in [0, 0.1) is 5.92 Å². The summed E-state index contributed by atoms with van der Waals surface area (Å²) in [6, 6.07) is 7.68. The topological polar surface area (TPSA) is 29.5 Å². The summed E-state index contributed by atoms with van der Waals surface area (Å²) in [7, 11) is 1.64. The Bertz CT molecular complexity index is 371. The molecule has 0 saturated heterocycles. The number of hydrogen-bond acceptors (Lipinski definition) is 2. The largest absolute Gasteiger partial charge is 0.497 e. The Kier molecular flexibility index (Phi) is 3.62. The molecule has 1 aromatic rings. The highest BCUT2D eigenvalue weighted by atomic mass is 16.5. The first-order valence-electron chi connectivity index (χ1n) is 5.80. The Hall–Kier alpha value is -1.28. The summed E-state index contributed by atoms with van der Waals surface area (Å²) in [6.45, 7) is 0. The molecule has 1 aromatic carbocycles. The van der Waals surface area contributed by atoms with Gasteiger partial charge in [0.2, 0.25) is 0 Å². The highest BCUT2D eigenvalue weighted by Gasteiger charge is 2.20. The molecular weight excluding hydrogens is 200 g/mol. The lowest BCUT2D eigenvalue weighted by Gasteiger charge is -2.22. The lowest BCUT2D eigenvalue weighted by Crippen LogP contribution is -2.12. The van der Waals surface area contributed by atoms with E-state index in [0.29, 0.717) is 0 Å².